The Hall–Kier alpha value is -3.20. The number of hydrogen-bond acceptors (Lipinski definition) is 5. The molecule has 1 saturated heterocycles. The van der Waals surface area contributed by atoms with Crippen molar-refractivity contribution in [2.75, 3.05) is 19.3 Å². The molecule has 1 aliphatic rings. The molecule has 4 aromatic rings. The van der Waals surface area contributed by atoms with Gasteiger partial charge in [0.05, 0.1) is 6.20 Å². The number of piperidine rings is 1. The summed E-state index contributed by atoms with van der Waals surface area (Å²) in [5, 5.41) is 9.33. The molecule has 0 aliphatic carbocycles. The molecule has 31 heavy (non-hydrogen) atoms. The highest BCUT2D eigenvalue weighted by Gasteiger charge is 2.29. The minimum atomic E-state index is -0.314. The highest BCUT2D eigenvalue weighted by molar-refractivity contribution is 7.98. The Balaban J connectivity index is 1.36. The topological polar surface area (TPSA) is 68.3 Å². The zero-order valence-electron chi connectivity index (χ0n) is 17.0. The summed E-state index contributed by atoms with van der Waals surface area (Å²) in [6.45, 7) is 1.27. The Morgan fingerprint density at radius 3 is 2.61 bits per heavy atom. The van der Waals surface area contributed by atoms with Gasteiger partial charge in [-0.05, 0) is 55.5 Å². The van der Waals surface area contributed by atoms with Gasteiger partial charge in [0.2, 0.25) is 0 Å². The molecule has 0 atom stereocenters. The second kappa shape index (κ2) is 8.14. The molecule has 0 radical (unpaired) electrons. The fourth-order valence-corrected chi connectivity index (χ4v) is 4.65. The molecule has 1 aliphatic heterocycles. The highest BCUT2D eigenvalue weighted by atomic mass is 32.2. The Labute approximate surface area is 182 Å². The van der Waals surface area contributed by atoms with E-state index in [2.05, 4.69) is 15.2 Å². The number of benzene rings is 1. The van der Waals surface area contributed by atoms with E-state index in [1.54, 1.807) is 22.9 Å². The number of thioether (sulfide) groups is 1. The van der Waals surface area contributed by atoms with Crippen molar-refractivity contribution < 1.29 is 9.18 Å². The Kier molecular flexibility index (Phi) is 5.19. The van der Waals surface area contributed by atoms with Crippen LogP contribution in [0.5, 0.6) is 0 Å². The first kappa shape index (κ1) is 19.7. The maximum Gasteiger partial charge on any atom is 0.272 e. The number of carbonyl (C=O) groups is 1. The molecular formula is C22H21FN6OS. The van der Waals surface area contributed by atoms with Crippen LogP contribution in [-0.4, -0.2) is 54.3 Å². The highest BCUT2D eigenvalue weighted by Crippen LogP contribution is 2.29. The molecule has 5 rings (SSSR count). The number of pyridine rings is 1. The standard InChI is InChI=1S/C22H21FN6OS/c1-31-22-24-14-18(29(22)17-7-5-16(23)6-8-17)21(30)27-12-9-15(10-13-27)20-26-25-19-4-2-3-11-28(19)20/h2-8,11,14-15H,9-10,12-13H2,1H3. The van der Waals surface area contributed by atoms with Crippen LogP contribution in [0.4, 0.5) is 4.39 Å². The van der Waals surface area contributed by atoms with Crippen LogP contribution in [0.3, 0.4) is 0 Å². The molecule has 0 saturated carbocycles. The predicted octanol–water partition coefficient (Wildman–Crippen LogP) is 3.80. The number of nitrogens with zero attached hydrogens (tertiary/aromatic N) is 6. The van der Waals surface area contributed by atoms with Crippen molar-refractivity contribution in [1.82, 2.24) is 29.0 Å². The van der Waals surface area contributed by atoms with E-state index in [1.807, 2.05) is 40.0 Å². The van der Waals surface area contributed by atoms with Gasteiger partial charge >= 0.3 is 0 Å². The number of hydrogen-bond donors (Lipinski definition) is 0. The average Bonchev–Trinajstić information content (AvgIpc) is 3.44. The molecule has 0 spiro atoms. The van der Waals surface area contributed by atoms with Crippen molar-refractivity contribution in [1.29, 1.82) is 0 Å². The van der Waals surface area contributed by atoms with Crippen molar-refractivity contribution in [3.05, 3.63) is 72.2 Å². The molecule has 4 heterocycles. The summed E-state index contributed by atoms with van der Waals surface area (Å²) in [5.41, 5.74) is 2.04. The number of carbonyl (C=O) groups excluding carboxylic acids is 1. The van der Waals surface area contributed by atoms with E-state index in [9.17, 15) is 9.18 Å². The Morgan fingerprint density at radius 1 is 1.10 bits per heavy atom. The van der Waals surface area contributed by atoms with Gasteiger partial charge in [-0.2, -0.15) is 0 Å². The summed E-state index contributed by atoms with van der Waals surface area (Å²) in [6, 6.07) is 12.0. The van der Waals surface area contributed by atoms with Crippen LogP contribution in [0.1, 0.15) is 35.1 Å². The molecule has 7 nitrogen and oxygen atoms in total. The molecule has 1 fully saturated rings. The van der Waals surface area contributed by atoms with E-state index in [1.165, 1.54) is 23.9 Å². The number of imidazole rings is 1. The summed E-state index contributed by atoms with van der Waals surface area (Å²) in [6.07, 6.45) is 7.14. The lowest BCUT2D eigenvalue weighted by atomic mass is 9.96. The monoisotopic (exact) mass is 436 g/mol. The van der Waals surface area contributed by atoms with Crippen LogP contribution >= 0.6 is 11.8 Å². The average molecular weight is 437 g/mol. The van der Waals surface area contributed by atoms with Crippen LogP contribution in [0.2, 0.25) is 0 Å². The lowest BCUT2D eigenvalue weighted by Gasteiger charge is -2.31. The molecule has 158 valence electrons. The number of halogens is 1. The zero-order valence-corrected chi connectivity index (χ0v) is 17.8. The normalized spacial score (nSPS) is 15.0. The first-order chi connectivity index (χ1) is 15.2. The molecule has 0 unspecified atom stereocenters. The van der Waals surface area contributed by atoms with Gasteiger partial charge in [0.25, 0.3) is 5.91 Å². The summed E-state index contributed by atoms with van der Waals surface area (Å²) < 4.78 is 17.2. The summed E-state index contributed by atoms with van der Waals surface area (Å²) in [5.74, 6) is 0.820. The van der Waals surface area contributed by atoms with Gasteiger partial charge in [-0.15, -0.1) is 10.2 Å². The summed E-state index contributed by atoms with van der Waals surface area (Å²) >= 11 is 1.45. The van der Waals surface area contributed by atoms with E-state index in [-0.39, 0.29) is 17.6 Å². The van der Waals surface area contributed by atoms with Crippen molar-refractivity contribution in [2.24, 2.45) is 0 Å². The second-order valence-electron chi connectivity index (χ2n) is 7.50. The minimum Gasteiger partial charge on any atom is -0.337 e. The molecule has 9 heteroatoms. The van der Waals surface area contributed by atoms with E-state index in [0.29, 0.717) is 23.9 Å². The molecule has 0 bridgehead atoms. The van der Waals surface area contributed by atoms with E-state index in [0.717, 1.165) is 30.0 Å². The number of likely N-dealkylation sites (tertiary alicyclic amines) is 1. The Bertz CT molecular complexity index is 1230. The number of aromatic nitrogens is 5. The van der Waals surface area contributed by atoms with Crippen LogP contribution in [0.25, 0.3) is 11.3 Å². The quantitative estimate of drug-likeness (QED) is 0.455. The smallest absolute Gasteiger partial charge is 0.272 e. The predicted molar refractivity (Wildman–Crippen MR) is 116 cm³/mol. The van der Waals surface area contributed by atoms with E-state index >= 15 is 0 Å². The fraction of sp³-hybridized carbons (Fsp3) is 0.273. The third-order valence-corrected chi connectivity index (χ3v) is 6.36. The third kappa shape index (κ3) is 3.59. The SMILES string of the molecule is CSc1ncc(C(=O)N2CCC(c3nnc4ccccn34)CC2)n1-c1ccc(F)cc1. The third-order valence-electron chi connectivity index (χ3n) is 5.70. The van der Waals surface area contributed by atoms with Crippen molar-refractivity contribution in [3.63, 3.8) is 0 Å². The van der Waals surface area contributed by atoms with Crippen LogP contribution < -0.4 is 0 Å². The van der Waals surface area contributed by atoms with Gasteiger partial charge in [0.15, 0.2) is 10.8 Å². The summed E-state index contributed by atoms with van der Waals surface area (Å²) in [4.78, 5) is 19.6. The largest absolute Gasteiger partial charge is 0.337 e. The van der Waals surface area contributed by atoms with Crippen molar-refractivity contribution in [3.8, 4) is 5.69 Å². The minimum absolute atomic E-state index is 0.0679. The van der Waals surface area contributed by atoms with Crippen LogP contribution in [0.15, 0.2) is 60.0 Å². The number of amides is 1. The van der Waals surface area contributed by atoms with Crippen LogP contribution in [0, 0.1) is 5.82 Å². The molecule has 3 aromatic heterocycles. The first-order valence-electron chi connectivity index (χ1n) is 10.1. The van der Waals surface area contributed by atoms with Gasteiger partial charge in [-0.1, -0.05) is 17.8 Å². The lowest BCUT2D eigenvalue weighted by Crippen LogP contribution is -2.39. The number of rotatable bonds is 4. The number of fused-ring (bicyclic) bond motifs is 1. The second-order valence-corrected chi connectivity index (χ2v) is 8.27. The molecular weight excluding hydrogens is 415 g/mol. The lowest BCUT2D eigenvalue weighted by molar-refractivity contribution is 0.0702. The van der Waals surface area contributed by atoms with Gasteiger partial charge in [-0.25, -0.2) is 9.37 Å². The zero-order chi connectivity index (χ0) is 21.4. The van der Waals surface area contributed by atoms with Crippen molar-refractivity contribution >= 4 is 23.3 Å². The van der Waals surface area contributed by atoms with Gasteiger partial charge in [0.1, 0.15) is 17.3 Å². The van der Waals surface area contributed by atoms with E-state index < -0.39 is 0 Å². The maximum atomic E-state index is 13.4. The maximum absolute atomic E-state index is 13.4. The molecule has 1 amide bonds. The van der Waals surface area contributed by atoms with Gasteiger partial charge < -0.3 is 4.90 Å². The fourth-order valence-electron chi connectivity index (χ4n) is 4.11. The van der Waals surface area contributed by atoms with Gasteiger partial charge in [-0.3, -0.25) is 13.8 Å². The Morgan fingerprint density at radius 2 is 1.87 bits per heavy atom. The first-order valence-corrected chi connectivity index (χ1v) is 11.3. The summed E-state index contributed by atoms with van der Waals surface area (Å²) in [7, 11) is 0. The molecule has 1 aromatic carbocycles. The van der Waals surface area contributed by atoms with Crippen LogP contribution in [-0.2, 0) is 0 Å². The molecule has 0 N–H and O–H groups in total. The van der Waals surface area contributed by atoms with Crippen molar-refractivity contribution in [2.45, 2.75) is 23.9 Å². The van der Waals surface area contributed by atoms with E-state index in [4.69, 9.17) is 0 Å². The van der Waals surface area contributed by atoms with Gasteiger partial charge in [0, 0.05) is 30.9 Å².